The first kappa shape index (κ1) is 15.2. The van der Waals surface area contributed by atoms with Gasteiger partial charge in [-0.05, 0) is 5.56 Å². The average molecular weight is 224 g/mol. The highest BCUT2D eigenvalue weighted by molar-refractivity contribution is 7.96. The lowest BCUT2D eigenvalue weighted by Crippen LogP contribution is -2.00. The molecule has 0 bridgehead atoms. The molecule has 0 spiro atoms. The lowest BCUT2D eigenvalue weighted by atomic mass is 10.2. The third kappa shape index (κ3) is 6.87. The molecule has 13 heavy (non-hydrogen) atoms. The fraction of sp³-hybridized carbons (Fsp3) is 0.333. The second-order valence-electron chi connectivity index (χ2n) is 2.27. The Hall–Kier alpha value is -0.250. The van der Waals surface area contributed by atoms with E-state index in [1.165, 1.54) is 5.56 Å². The van der Waals surface area contributed by atoms with Gasteiger partial charge in [0.15, 0.2) is 0 Å². The van der Waals surface area contributed by atoms with Crippen LogP contribution in [0.15, 0.2) is 30.3 Å². The molecule has 0 unspecified atom stereocenters. The van der Waals surface area contributed by atoms with E-state index in [0.717, 1.165) is 12.3 Å². The van der Waals surface area contributed by atoms with Gasteiger partial charge in [-0.15, -0.1) is 12.4 Å². The van der Waals surface area contributed by atoms with Crippen LogP contribution < -0.4 is 4.72 Å². The Bertz CT molecular complexity index is 196. The van der Waals surface area contributed by atoms with Crippen LogP contribution in [0.2, 0.25) is 0 Å². The van der Waals surface area contributed by atoms with Gasteiger partial charge in [0.05, 0.1) is 0 Å². The van der Waals surface area contributed by atoms with Crippen LogP contribution >= 0.6 is 24.4 Å². The molecule has 0 aliphatic rings. The highest BCUT2D eigenvalue weighted by Crippen LogP contribution is 2.07. The highest BCUT2D eigenvalue weighted by atomic mass is 35.5. The molecule has 0 aliphatic heterocycles. The largest absolute Gasteiger partial charge is 0.269 e. The van der Waals surface area contributed by atoms with Gasteiger partial charge < -0.3 is 0 Å². The van der Waals surface area contributed by atoms with E-state index in [9.17, 15) is 0 Å². The molecule has 0 saturated carbocycles. The van der Waals surface area contributed by atoms with Crippen molar-refractivity contribution in [3.05, 3.63) is 35.9 Å². The van der Waals surface area contributed by atoms with Gasteiger partial charge in [0, 0.05) is 12.3 Å². The first-order chi connectivity index (χ1) is 5.43. The summed E-state index contributed by atoms with van der Waals surface area (Å²) in [6, 6.07) is 10.5. The lowest BCUT2D eigenvalue weighted by molar-refractivity contribution is 1.03. The number of benzene rings is 1. The zero-order valence-electron chi connectivity index (χ0n) is 7.53. The normalized spacial score (nSPS) is 8.38. The standard InChI is InChI=1S/C9H13NS.ClH.FH/c1-2-10-11-8-9-6-4-3-5-7-9;;/h3-7,10H,2,8H2,1H3;2*1H. The molecule has 4 heteroatoms. The number of rotatable bonds is 4. The van der Waals surface area contributed by atoms with Crippen LogP contribution in [0.1, 0.15) is 12.5 Å². The van der Waals surface area contributed by atoms with E-state index in [0.29, 0.717) is 0 Å². The van der Waals surface area contributed by atoms with Crippen LogP contribution in [-0.4, -0.2) is 6.54 Å². The predicted octanol–water partition coefficient (Wildman–Crippen LogP) is 3.02. The molecule has 1 aromatic rings. The van der Waals surface area contributed by atoms with Crippen molar-refractivity contribution in [3.8, 4) is 0 Å². The number of nitrogens with one attached hydrogen (secondary N) is 1. The van der Waals surface area contributed by atoms with E-state index in [1.54, 1.807) is 11.9 Å². The zero-order chi connectivity index (χ0) is 7.94. The predicted molar refractivity (Wildman–Crippen MR) is 61.2 cm³/mol. The molecular formula is C9H15ClFNS. The van der Waals surface area contributed by atoms with Gasteiger partial charge >= 0.3 is 0 Å². The van der Waals surface area contributed by atoms with Gasteiger partial charge in [0.1, 0.15) is 0 Å². The van der Waals surface area contributed by atoms with Crippen LogP contribution in [0, 0.1) is 0 Å². The summed E-state index contributed by atoms with van der Waals surface area (Å²) in [5.41, 5.74) is 1.37. The van der Waals surface area contributed by atoms with Crippen LogP contribution in [0.5, 0.6) is 0 Å². The number of hydrogen-bond donors (Lipinski definition) is 1. The van der Waals surface area contributed by atoms with E-state index in [-0.39, 0.29) is 17.1 Å². The molecule has 0 saturated heterocycles. The Labute approximate surface area is 89.2 Å². The minimum absolute atomic E-state index is 0. The van der Waals surface area contributed by atoms with E-state index < -0.39 is 0 Å². The Morgan fingerprint density at radius 1 is 1.23 bits per heavy atom. The third-order valence-corrected chi connectivity index (χ3v) is 2.30. The number of hydrogen-bond acceptors (Lipinski definition) is 2. The Morgan fingerprint density at radius 2 is 1.85 bits per heavy atom. The van der Waals surface area contributed by atoms with E-state index in [4.69, 9.17) is 0 Å². The average Bonchev–Trinajstić information content (AvgIpc) is 2.07. The lowest BCUT2D eigenvalue weighted by Gasteiger charge is -1.99. The molecule has 0 fully saturated rings. The van der Waals surface area contributed by atoms with Crippen molar-refractivity contribution in [2.75, 3.05) is 6.54 Å². The van der Waals surface area contributed by atoms with Gasteiger partial charge in [-0.25, -0.2) is 0 Å². The van der Waals surface area contributed by atoms with Crippen molar-refractivity contribution < 1.29 is 4.70 Å². The quantitative estimate of drug-likeness (QED) is 0.622. The summed E-state index contributed by atoms with van der Waals surface area (Å²) in [6.45, 7) is 3.13. The summed E-state index contributed by atoms with van der Waals surface area (Å²) in [4.78, 5) is 0. The summed E-state index contributed by atoms with van der Waals surface area (Å²) in [6.07, 6.45) is 0. The minimum Gasteiger partial charge on any atom is -0.269 e. The van der Waals surface area contributed by atoms with Gasteiger partial charge in [-0.1, -0.05) is 49.2 Å². The molecular weight excluding hydrogens is 209 g/mol. The summed E-state index contributed by atoms with van der Waals surface area (Å²) < 4.78 is 3.21. The monoisotopic (exact) mass is 223 g/mol. The molecule has 1 nitrogen and oxygen atoms in total. The molecule has 0 aliphatic carbocycles. The van der Waals surface area contributed by atoms with Crippen molar-refractivity contribution in [1.82, 2.24) is 4.72 Å². The Kier molecular flexibility index (Phi) is 11.5. The number of halogens is 2. The Morgan fingerprint density at radius 3 is 2.38 bits per heavy atom. The summed E-state index contributed by atoms with van der Waals surface area (Å²) in [5.74, 6) is 1.05. The summed E-state index contributed by atoms with van der Waals surface area (Å²) in [7, 11) is 0. The molecule has 1 aromatic carbocycles. The second kappa shape index (κ2) is 9.84. The van der Waals surface area contributed by atoms with Crippen LogP contribution in [0.3, 0.4) is 0 Å². The molecule has 0 aromatic heterocycles. The van der Waals surface area contributed by atoms with Gasteiger partial charge in [0.25, 0.3) is 0 Å². The SMILES string of the molecule is CCNSCc1ccccc1.Cl.F. The van der Waals surface area contributed by atoms with E-state index >= 15 is 0 Å². The van der Waals surface area contributed by atoms with Crippen LogP contribution in [0.4, 0.5) is 4.70 Å². The van der Waals surface area contributed by atoms with E-state index in [1.807, 2.05) is 6.07 Å². The van der Waals surface area contributed by atoms with Crippen molar-refractivity contribution in [3.63, 3.8) is 0 Å². The molecule has 0 amide bonds. The van der Waals surface area contributed by atoms with Gasteiger partial charge in [-0.2, -0.15) is 0 Å². The second-order valence-corrected chi connectivity index (χ2v) is 3.14. The molecule has 1 N–H and O–H groups in total. The maximum atomic E-state index is 3.21. The molecule has 0 radical (unpaired) electrons. The Balaban J connectivity index is 0. The van der Waals surface area contributed by atoms with Crippen molar-refractivity contribution in [1.29, 1.82) is 0 Å². The minimum atomic E-state index is 0. The van der Waals surface area contributed by atoms with Crippen molar-refractivity contribution in [2.45, 2.75) is 12.7 Å². The molecule has 0 atom stereocenters. The summed E-state index contributed by atoms with van der Waals surface area (Å²) in [5, 5.41) is 0. The van der Waals surface area contributed by atoms with Crippen molar-refractivity contribution >= 4 is 24.4 Å². The fourth-order valence-corrected chi connectivity index (χ4v) is 1.48. The topological polar surface area (TPSA) is 12.0 Å². The maximum Gasteiger partial charge on any atom is 0.0330 e. The fourth-order valence-electron chi connectivity index (χ4n) is 0.811. The first-order valence-corrected chi connectivity index (χ1v) is 4.80. The third-order valence-electron chi connectivity index (χ3n) is 1.33. The smallest absolute Gasteiger partial charge is 0.0330 e. The van der Waals surface area contributed by atoms with Crippen LogP contribution in [0.25, 0.3) is 0 Å². The van der Waals surface area contributed by atoms with Gasteiger partial charge in [-0.3, -0.25) is 9.43 Å². The van der Waals surface area contributed by atoms with Gasteiger partial charge in [0.2, 0.25) is 0 Å². The summed E-state index contributed by atoms with van der Waals surface area (Å²) >= 11 is 1.76. The first-order valence-electron chi connectivity index (χ1n) is 3.82. The van der Waals surface area contributed by atoms with E-state index in [2.05, 4.69) is 35.9 Å². The molecule has 76 valence electrons. The molecule has 1 rings (SSSR count). The zero-order valence-corrected chi connectivity index (χ0v) is 9.16. The highest BCUT2D eigenvalue weighted by Gasteiger charge is 1.88. The molecule has 0 heterocycles. The maximum absolute atomic E-state index is 3.21. The van der Waals surface area contributed by atoms with Crippen molar-refractivity contribution in [2.24, 2.45) is 0 Å². The van der Waals surface area contributed by atoms with Crippen LogP contribution in [-0.2, 0) is 5.75 Å².